The number of benzene rings is 1. The highest BCUT2D eigenvalue weighted by Gasteiger charge is 2.51. The zero-order valence-electron chi connectivity index (χ0n) is 7.86. The van der Waals surface area contributed by atoms with Crippen LogP contribution in [0.1, 0.15) is 18.9 Å². The lowest BCUT2D eigenvalue weighted by molar-refractivity contribution is 0.554. The lowest BCUT2D eigenvalue weighted by Crippen LogP contribution is -2.08. The Bertz CT molecular complexity index is 364. The molecule has 76 valence electrons. The second-order valence-electron chi connectivity index (χ2n) is 4.10. The summed E-state index contributed by atoms with van der Waals surface area (Å²) in [4.78, 5) is 0. The summed E-state index contributed by atoms with van der Waals surface area (Å²) in [7, 11) is 0. The van der Waals surface area contributed by atoms with Crippen LogP contribution in [0.2, 0.25) is 0 Å². The van der Waals surface area contributed by atoms with Crippen LogP contribution in [-0.2, 0) is 5.41 Å². The zero-order valence-corrected chi connectivity index (χ0v) is 8.61. The first kappa shape index (κ1) is 9.91. The van der Waals surface area contributed by atoms with Gasteiger partial charge < -0.3 is 0 Å². The van der Waals surface area contributed by atoms with Crippen LogP contribution in [0, 0.1) is 17.6 Å². The Balaban J connectivity index is 2.38. The van der Waals surface area contributed by atoms with Crippen LogP contribution in [-0.4, -0.2) is 5.88 Å². The minimum absolute atomic E-state index is 0.256. The molecule has 3 heteroatoms. The smallest absolute Gasteiger partial charge is 0.127 e. The molecule has 1 aromatic rings. The summed E-state index contributed by atoms with van der Waals surface area (Å²) in [6, 6.07) is 3.60. The zero-order chi connectivity index (χ0) is 10.3. The largest absolute Gasteiger partial charge is 0.207 e. The van der Waals surface area contributed by atoms with Gasteiger partial charge in [-0.1, -0.05) is 6.92 Å². The summed E-state index contributed by atoms with van der Waals surface area (Å²) >= 11 is 5.71. The molecule has 0 radical (unpaired) electrons. The first-order valence-corrected chi connectivity index (χ1v) is 5.13. The highest BCUT2D eigenvalue weighted by atomic mass is 35.5. The molecule has 14 heavy (non-hydrogen) atoms. The van der Waals surface area contributed by atoms with Gasteiger partial charge >= 0.3 is 0 Å². The summed E-state index contributed by atoms with van der Waals surface area (Å²) in [6.45, 7) is 1.93. The Hall–Kier alpha value is -0.630. The topological polar surface area (TPSA) is 0 Å². The van der Waals surface area contributed by atoms with Crippen molar-refractivity contribution in [2.75, 3.05) is 5.88 Å². The molecule has 1 saturated carbocycles. The molecular formula is C11H11ClF2. The van der Waals surface area contributed by atoms with Crippen molar-refractivity contribution in [1.29, 1.82) is 0 Å². The number of hydrogen-bond acceptors (Lipinski definition) is 0. The van der Waals surface area contributed by atoms with E-state index in [1.54, 1.807) is 0 Å². The molecule has 1 aliphatic rings. The van der Waals surface area contributed by atoms with Gasteiger partial charge in [-0.15, -0.1) is 11.6 Å². The summed E-state index contributed by atoms with van der Waals surface area (Å²) in [5.41, 5.74) is 0.205. The molecule has 0 amide bonds. The molecule has 0 N–H and O–H groups in total. The molecular weight excluding hydrogens is 206 g/mol. The molecule has 0 saturated heterocycles. The monoisotopic (exact) mass is 216 g/mol. The van der Waals surface area contributed by atoms with Gasteiger partial charge in [0.15, 0.2) is 0 Å². The van der Waals surface area contributed by atoms with Crippen LogP contribution in [0.5, 0.6) is 0 Å². The van der Waals surface area contributed by atoms with E-state index in [0.29, 0.717) is 11.4 Å². The van der Waals surface area contributed by atoms with Crippen LogP contribution in [0.15, 0.2) is 18.2 Å². The summed E-state index contributed by atoms with van der Waals surface area (Å²) in [5, 5.41) is 0. The van der Waals surface area contributed by atoms with E-state index >= 15 is 0 Å². The number of halogens is 3. The fourth-order valence-electron chi connectivity index (χ4n) is 1.94. The van der Waals surface area contributed by atoms with Gasteiger partial charge in [-0.2, -0.15) is 0 Å². The first-order chi connectivity index (χ1) is 6.58. The van der Waals surface area contributed by atoms with Crippen LogP contribution < -0.4 is 0 Å². The van der Waals surface area contributed by atoms with E-state index in [2.05, 4.69) is 0 Å². The first-order valence-electron chi connectivity index (χ1n) is 4.59. The third-order valence-corrected chi connectivity index (χ3v) is 3.51. The Labute approximate surface area is 86.9 Å². The third-order valence-electron chi connectivity index (χ3n) is 3.14. The molecule has 2 rings (SSSR count). The molecule has 0 heterocycles. The Morgan fingerprint density at radius 1 is 1.50 bits per heavy atom. The van der Waals surface area contributed by atoms with E-state index in [-0.39, 0.29) is 23.0 Å². The minimum atomic E-state index is -0.386. The number of rotatable bonds is 2. The van der Waals surface area contributed by atoms with Gasteiger partial charge in [0.05, 0.1) is 0 Å². The van der Waals surface area contributed by atoms with Crippen molar-refractivity contribution in [3.8, 4) is 0 Å². The van der Waals surface area contributed by atoms with Crippen LogP contribution in [0.4, 0.5) is 8.78 Å². The van der Waals surface area contributed by atoms with Gasteiger partial charge in [0, 0.05) is 5.88 Å². The van der Waals surface area contributed by atoms with Crippen molar-refractivity contribution < 1.29 is 8.78 Å². The summed E-state index contributed by atoms with van der Waals surface area (Å²) in [6.07, 6.45) is 0.844. The van der Waals surface area contributed by atoms with Crippen LogP contribution >= 0.6 is 11.6 Å². The van der Waals surface area contributed by atoms with Crippen molar-refractivity contribution in [2.24, 2.45) is 5.92 Å². The number of alkyl halides is 1. The molecule has 0 nitrogen and oxygen atoms in total. The van der Waals surface area contributed by atoms with Gasteiger partial charge in [-0.25, -0.2) is 8.78 Å². The summed E-state index contributed by atoms with van der Waals surface area (Å²) in [5.74, 6) is 0.0664. The maximum Gasteiger partial charge on any atom is 0.127 e. The van der Waals surface area contributed by atoms with Crippen molar-refractivity contribution in [2.45, 2.75) is 18.8 Å². The van der Waals surface area contributed by atoms with Gasteiger partial charge in [-0.3, -0.25) is 0 Å². The molecule has 1 aromatic carbocycles. The van der Waals surface area contributed by atoms with E-state index in [9.17, 15) is 8.78 Å². The second kappa shape index (κ2) is 3.20. The molecule has 1 fully saturated rings. The van der Waals surface area contributed by atoms with E-state index in [4.69, 9.17) is 11.6 Å². The van der Waals surface area contributed by atoms with E-state index in [1.807, 2.05) is 6.92 Å². The lowest BCUT2D eigenvalue weighted by atomic mass is 9.95. The fraction of sp³-hybridized carbons (Fsp3) is 0.455. The second-order valence-corrected chi connectivity index (χ2v) is 4.41. The van der Waals surface area contributed by atoms with Gasteiger partial charge in [0.25, 0.3) is 0 Å². The van der Waals surface area contributed by atoms with E-state index < -0.39 is 0 Å². The predicted molar refractivity (Wildman–Crippen MR) is 52.5 cm³/mol. The lowest BCUT2D eigenvalue weighted by Gasteiger charge is -2.11. The maximum atomic E-state index is 13.4. The van der Waals surface area contributed by atoms with Crippen molar-refractivity contribution in [1.82, 2.24) is 0 Å². The standard InChI is InChI=1S/C11H11ClF2/c1-11(5-7(11)6-12)9-4-8(13)2-3-10(9)14/h2-4,7H,5-6H2,1H3. The van der Waals surface area contributed by atoms with Gasteiger partial charge in [-0.05, 0) is 41.5 Å². The molecule has 2 unspecified atom stereocenters. The van der Waals surface area contributed by atoms with Crippen LogP contribution in [0.3, 0.4) is 0 Å². The van der Waals surface area contributed by atoms with Crippen LogP contribution in [0.25, 0.3) is 0 Å². The molecule has 0 spiro atoms. The Morgan fingerprint density at radius 3 is 2.79 bits per heavy atom. The molecule has 0 aromatic heterocycles. The maximum absolute atomic E-state index is 13.4. The molecule has 0 bridgehead atoms. The van der Waals surface area contributed by atoms with Gasteiger partial charge in [0.1, 0.15) is 11.6 Å². The minimum Gasteiger partial charge on any atom is -0.207 e. The summed E-state index contributed by atoms with van der Waals surface area (Å²) < 4.78 is 26.3. The normalized spacial score (nSPS) is 30.4. The van der Waals surface area contributed by atoms with Crippen molar-refractivity contribution in [3.05, 3.63) is 35.4 Å². The average molecular weight is 217 g/mol. The average Bonchev–Trinajstić information content (AvgIpc) is 2.83. The molecule has 0 aliphatic heterocycles. The third kappa shape index (κ3) is 1.42. The SMILES string of the molecule is CC1(c2cc(F)ccc2F)CC1CCl. The predicted octanol–water partition coefficient (Wildman–Crippen LogP) is 3.48. The highest BCUT2D eigenvalue weighted by Crippen LogP contribution is 2.55. The Morgan fingerprint density at radius 2 is 2.21 bits per heavy atom. The highest BCUT2D eigenvalue weighted by molar-refractivity contribution is 6.18. The Kier molecular flexibility index (Phi) is 2.26. The quantitative estimate of drug-likeness (QED) is 0.664. The van der Waals surface area contributed by atoms with E-state index in [1.165, 1.54) is 12.1 Å². The molecule has 2 atom stereocenters. The van der Waals surface area contributed by atoms with E-state index in [0.717, 1.165) is 12.5 Å². The van der Waals surface area contributed by atoms with Crippen molar-refractivity contribution >= 4 is 11.6 Å². The molecule has 1 aliphatic carbocycles. The van der Waals surface area contributed by atoms with Gasteiger partial charge in [0.2, 0.25) is 0 Å². The fourth-order valence-corrected chi connectivity index (χ4v) is 2.39. The van der Waals surface area contributed by atoms with Crippen molar-refractivity contribution in [3.63, 3.8) is 0 Å². The number of hydrogen-bond donors (Lipinski definition) is 0.